The van der Waals surface area contributed by atoms with E-state index in [1.807, 2.05) is 6.92 Å². The molecule has 7 heteroatoms. The molecule has 0 aliphatic heterocycles. The molecule has 0 fully saturated rings. The van der Waals surface area contributed by atoms with Crippen LogP contribution >= 0.6 is 23.2 Å². The normalized spacial score (nSPS) is 10.3. The molecule has 2 aromatic rings. The van der Waals surface area contributed by atoms with E-state index < -0.39 is 0 Å². The lowest BCUT2D eigenvalue weighted by atomic mass is 10.2. The van der Waals surface area contributed by atoms with Gasteiger partial charge in [0.1, 0.15) is 11.5 Å². The van der Waals surface area contributed by atoms with Crippen LogP contribution in [0, 0.1) is 0 Å². The number of halogens is 2. The zero-order valence-electron chi connectivity index (χ0n) is 14.2. The molecule has 0 aliphatic rings. The summed E-state index contributed by atoms with van der Waals surface area (Å²) in [5.74, 6) is 1.12. The van der Waals surface area contributed by atoms with E-state index in [1.165, 1.54) is 19.2 Å². The molecule has 0 unspecified atom stereocenters. The second-order valence-electron chi connectivity index (χ2n) is 5.14. The quantitative estimate of drug-likeness (QED) is 0.726. The zero-order chi connectivity index (χ0) is 18.4. The smallest absolute Gasteiger partial charge is 0.255 e. The number of hydrogen-bond donors (Lipinski definition) is 1. The molecule has 0 bridgehead atoms. The van der Waals surface area contributed by atoms with E-state index in [9.17, 15) is 4.79 Å². The van der Waals surface area contributed by atoms with Gasteiger partial charge in [-0.1, -0.05) is 30.1 Å². The summed E-state index contributed by atoms with van der Waals surface area (Å²) in [6.07, 6.45) is 0.826. The van der Waals surface area contributed by atoms with E-state index in [2.05, 4.69) is 5.32 Å². The number of ether oxygens (including phenoxy) is 3. The third-order valence-corrected chi connectivity index (χ3v) is 3.93. The van der Waals surface area contributed by atoms with Crippen LogP contribution < -0.4 is 19.5 Å². The number of carbonyl (C=O) groups excluding carboxylic acids is 1. The number of methoxy groups -OCH3 is 2. The Labute approximate surface area is 156 Å². The topological polar surface area (TPSA) is 56.8 Å². The molecule has 0 aliphatic carbocycles. The average molecular weight is 384 g/mol. The van der Waals surface area contributed by atoms with Crippen LogP contribution in [-0.2, 0) is 0 Å². The van der Waals surface area contributed by atoms with Crippen LogP contribution in [0.15, 0.2) is 30.3 Å². The molecule has 0 spiro atoms. The molecule has 0 radical (unpaired) electrons. The van der Waals surface area contributed by atoms with Gasteiger partial charge in [0.25, 0.3) is 5.91 Å². The van der Waals surface area contributed by atoms with Crippen LogP contribution in [0.4, 0.5) is 5.69 Å². The number of carbonyl (C=O) groups is 1. The van der Waals surface area contributed by atoms with Gasteiger partial charge in [0.05, 0.1) is 36.6 Å². The molecule has 1 N–H and O–H groups in total. The molecule has 0 saturated carbocycles. The highest BCUT2D eigenvalue weighted by molar-refractivity contribution is 6.37. The van der Waals surface area contributed by atoms with Crippen molar-refractivity contribution in [3.8, 4) is 17.2 Å². The van der Waals surface area contributed by atoms with Crippen LogP contribution in [0.25, 0.3) is 0 Å². The Morgan fingerprint density at radius 2 is 1.76 bits per heavy atom. The highest BCUT2D eigenvalue weighted by atomic mass is 35.5. The second kappa shape index (κ2) is 8.83. The minimum absolute atomic E-state index is 0.285. The van der Waals surface area contributed by atoms with Crippen molar-refractivity contribution in [2.45, 2.75) is 13.3 Å². The molecular formula is C18H19Cl2NO4. The Balaban J connectivity index is 2.24. The van der Waals surface area contributed by atoms with Crippen LogP contribution in [0.5, 0.6) is 17.2 Å². The molecule has 0 atom stereocenters. The van der Waals surface area contributed by atoms with Crippen LogP contribution in [0.2, 0.25) is 10.0 Å². The molecule has 0 saturated heterocycles. The highest BCUT2D eigenvalue weighted by Crippen LogP contribution is 2.35. The molecule has 2 aromatic carbocycles. The van der Waals surface area contributed by atoms with Gasteiger partial charge in [-0.15, -0.1) is 0 Å². The Hall–Kier alpha value is -2.11. The van der Waals surface area contributed by atoms with Gasteiger partial charge >= 0.3 is 0 Å². The van der Waals surface area contributed by atoms with Crippen molar-refractivity contribution in [2.24, 2.45) is 0 Å². The Kier molecular flexibility index (Phi) is 6.79. The maximum absolute atomic E-state index is 12.5. The number of benzene rings is 2. The first kappa shape index (κ1) is 19.2. The van der Waals surface area contributed by atoms with Crippen LogP contribution in [0.1, 0.15) is 23.7 Å². The number of amides is 1. The number of rotatable bonds is 7. The third-order valence-electron chi connectivity index (χ3n) is 3.37. The predicted molar refractivity (Wildman–Crippen MR) is 99.7 cm³/mol. The van der Waals surface area contributed by atoms with Crippen molar-refractivity contribution in [3.05, 3.63) is 45.9 Å². The van der Waals surface area contributed by atoms with Gasteiger partial charge in [-0.05, 0) is 30.7 Å². The van der Waals surface area contributed by atoms with Crippen molar-refractivity contribution in [1.29, 1.82) is 0 Å². The van der Waals surface area contributed by atoms with Crippen molar-refractivity contribution in [3.63, 3.8) is 0 Å². The van der Waals surface area contributed by atoms with E-state index in [4.69, 9.17) is 37.4 Å². The van der Waals surface area contributed by atoms with E-state index in [0.29, 0.717) is 35.1 Å². The molecular weight excluding hydrogens is 365 g/mol. The lowest BCUT2D eigenvalue weighted by Gasteiger charge is -2.13. The number of hydrogen-bond acceptors (Lipinski definition) is 4. The van der Waals surface area contributed by atoms with Gasteiger partial charge in [0, 0.05) is 11.6 Å². The molecule has 2 rings (SSSR count). The standard InChI is InChI=1S/C18H19Cl2NO4/c1-4-7-25-17-13(19)8-11(9-14(17)20)18(22)21-15-6-5-12(23-2)10-16(15)24-3/h5-6,8-10H,4,7H2,1-3H3,(H,21,22). The highest BCUT2D eigenvalue weighted by Gasteiger charge is 2.16. The molecule has 25 heavy (non-hydrogen) atoms. The summed E-state index contributed by atoms with van der Waals surface area (Å²) in [7, 11) is 3.07. The Morgan fingerprint density at radius 1 is 1.08 bits per heavy atom. The van der Waals surface area contributed by atoms with Gasteiger partial charge < -0.3 is 19.5 Å². The van der Waals surface area contributed by atoms with E-state index in [-0.39, 0.29) is 16.0 Å². The van der Waals surface area contributed by atoms with E-state index in [0.717, 1.165) is 6.42 Å². The Morgan fingerprint density at radius 3 is 2.32 bits per heavy atom. The predicted octanol–water partition coefficient (Wildman–Crippen LogP) is 5.05. The fraction of sp³-hybridized carbons (Fsp3) is 0.278. The fourth-order valence-electron chi connectivity index (χ4n) is 2.13. The van der Waals surface area contributed by atoms with Gasteiger partial charge in [-0.3, -0.25) is 4.79 Å². The fourth-order valence-corrected chi connectivity index (χ4v) is 2.73. The number of anilines is 1. The summed E-state index contributed by atoms with van der Waals surface area (Å²) in [5.41, 5.74) is 0.823. The van der Waals surface area contributed by atoms with Crippen molar-refractivity contribution >= 4 is 34.8 Å². The van der Waals surface area contributed by atoms with Crippen molar-refractivity contribution < 1.29 is 19.0 Å². The van der Waals surface area contributed by atoms with Crippen molar-refractivity contribution in [1.82, 2.24) is 0 Å². The Bertz CT molecular complexity index is 742. The summed E-state index contributed by atoms with van der Waals surface area (Å²) in [6.45, 7) is 2.47. The van der Waals surface area contributed by atoms with Gasteiger partial charge in [-0.2, -0.15) is 0 Å². The number of nitrogens with one attached hydrogen (secondary N) is 1. The molecule has 5 nitrogen and oxygen atoms in total. The van der Waals surface area contributed by atoms with E-state index >= 15 is 0 Å². The van der Waals surface area contributed by atoms with Crippen LogP contribution in [-0.4, -0.2) is 26.7 Å². The summed E-state index contributed by atoms with van der Waals surface area (Å²) in [6, 6.07) is 8.13. The summed E-state index contributed by atoms with van der Waals surface area (Å²) in [5, 5.41) is 3.34. The summed E-state index contributed by atoms with van der Waals surface area (Å²) < 4.78 is 15.9. The first-order chi connectivity index (χ1) is 12.0. The third kappa shape index (κ3) is 4.71. The lowest BCUT2D eigenvalue weighted by Crippen LogP contribution is -2.13. The van der Waals surface area contributed by atoms with Gasteiger partial charge in [0.15, 0.2) is 5.75 Å². The lowest BCUT2D eigenvalue weighted by molar-refractivity contribution is 0.102. The average Bonchev–Trinajstić information content (AvgIpc) is 2.61. The first-order valence-corrected chi connectivity index (χ1v) is 8.41. The van der Waals surface area contributed by atoms with Gasteiger partial charge in [-0.25, -0.2) is 0 Å². The first-order valence-electron chi connectivity index (χ1n) is 7.65. The molecule has 0 heterocycles. The van der Waals surface area contributed by atoms with Gasteiger partial charge in [0.2, 0.25) is 0 Å². The van der Waals surface area contributed by atoms with E-state index in [1.54, 1.807) is 25.3 Å². The van der Waals surface area contributed by atoms with Crippen LogP contribution in [0.3, 0.4) is 0 Å². The summed E-state index contributed by atoms with van der Waals surface area (Å²) >= 11 is 12.4. The largest absolute Gasteiger partial charge is 0.497 e. The zero-order valence-corrected chi connectivity index (χ0v) is 15.7. The minimum atomic E-state index is -0.366. The maximum Gasteiger partial charge on any atom is 0.255 e. The molecule has 1 amide bonds. The second-order valence-corrected chi connectivity index (χ2v) is 5.95. The SMILES string of the molecule is CCCOc1c(Cl)cc(C(=O)Nc2ccc(OC)cc2OC)cc1Cl. The molecule has 0 aromatic heterocycles. The monoisotopic (exact) mass is 383 g/mol. The maximum atomic E-state index is 12.5. The minimum Gasteiger partial charge on any atom is -0.497 e. The molecule has 134 valence electrons. The van der Waals surface area contributed by atoms with Crippen molar-refractivity contribution in [2.75, 3.05) is 26.1 Å². The summed E-state index contributed by atoms with van der Waals surface area (Å²) in [4.78, 5) is 12.5.